The number of nitrogens with zero attached hydrogens (tertiary/aromatic N) is 1. The van der Waals surface area contributed by atoms with E-state index in [1.54, 1.807) is 4.90 Å². The summed E-state index contributed by atoms with van der Waals surface area (Å²) >= 11 is 6.12. The van der Waals surface area contributed by atoms with E-state index in [0.717, 1.165) is 48.8 Å². The van der Waals surface area contributed by atoms with Gasteiger partial charge in [-0.3, -0.25) is 9.59 Å². The number of rotatable bonds is 11. The van der Waals surface area contributed by atoms with Crippen LogP contribution >= 0.6 is 11.6 Å². The summed E-state index contributed by atoms with van der Waals surface area (Å²) in [5, 5.41) is 3.91. The third-order valence-electron chi connectivity index (χ3n) is 7.30. The van der Waals surface area contributed by atoms with E-state index < -0.39 is 6.04 Å². The first-order chi connectivity index (χ1) is 18.0. The molecular formula is C32H37ClN2O2. The van der Waals surface area contributed by atoms with Crippen LogP contribution in [0.3, 0.4) is 0 Å². The van der Waals surface area contributed by atoms with Gasteiger partial charge in [0.15, 0.2) is 0 Å². The molecule has 0 radical (unpaired) electrons. The number of carbonyl (C=O) groups is 2. The highest BCUT2D eigenvalue weighted by Crippen LogP contribution is 2.21. The van der Waals surface area contributed by atoms with Crippen LogP contribution in [0.5, 0.6) is 0 Å². The summed E-state index contributed by atoms with van der Waals surface area (Å²) in [5.41, 5.74) is 4.41. The molecule has 0 aromatic heterocycles. The zero-order valence-corrected chi connectivity index (χ0v) is 22.4. The lowest BCUT2D eigenvalue weighted by Crippen LogP contribution is -2.52. The van der Waals surface area contributed by atoms with E-state index >= 15 is 0 Å². The molecule has 1 aliphatic rings. The molecule has 1 atom stereocenters. The van der Waals surface area contributed by atoms with Crippen molar-refractivity contribution >= 4 is 23.4 Å². The van der Waals surface area contributed by atoms with Gasteiger partial charge in [-0.1, -0.05) is 98.1 Å². The van der Waals surface area contributed by atoms with Gasteiger partial charge >= 0.3 is 0 Å². The Labute approximate surface area is 226 Å². The molecule has 4 rings (SSSR count). The van der Waals surface area contributed by atoms with Crippen LogP contribution in [0.2, 0.25) is 5.02 Å². The van der Waals surface area contributed by atoms with Gasteiger partial charge in [-0.25, -0.2) is 0 Å². The van der Waals surface area contributed by atoms with Crippen molar-refractivity contribution in [2.75, 3.05) is 0 Å². The number of hydrogen-bond donors (Lipinski definition) is 1. The first-order valence-corrected chi connectivity index (χ1v) is 13.9. The molecular weight excluding hydrogens is 480 g/mol. The quantitative estimate of drug-likeness (QED) is 0.315. The van der Waals surface area contributed by atoms with Crippen molar-refractivity contribution in [3.63, 3.8) is 0 Å². The maximum absolute atomic E-state index is 13.8. The monoisotopic (exact) mass is 516 g/mol. The molecule has 1 aliphatic carbocycles. The predicted molar refractivity (Wildman–Crippen MR) is 150 cm³/mol. The van der Waals surface area contributed by atoms with E-state index in [1.165, 1.54) is 5.56 Å². The predicted octanol–water partition coefficient (Wildman–Crippen LogP) is 6.53. The normalized spacial score (nSPS) is 14.3. The van der Waals surface area contributed by atoms with E-state index in [0.29, 0.717) is 30.8 Å². The SMILES string of the molecule is CCc1ccc(CCC(=O)N(Cc2ccc(Cl)cc2)[C@@H](Cc2ccccc2)C(=O)NC2CCCC2)cc1. The average molecular weight is 517 g/mol. The first-order valence-electron chi connectivity index (χ1n) is 13.5. The Balaban J connectivity index is 1.58. The summed E-state index contributed by atoms with van der Waals surface area (Å²) in [5.74, 6) is -0.0811. The summed E-state index contributed by atoms with van der Waals surface area (Å²) in [6.07, 6.45) is 6.74. The Kier molecular flexibility index (Phi) is 9.78. The standard InChI is InChI=1S/C32H37ClN2O2/c1-2-24-12-14-25(15-13-24)18-21-31(36)35(23-27-16-19-28(33)20-17-27)30(22-26-8-4-3-5-9-26)32(37)34-29-10-6-7-11-29/h3-5,8-9,12-17,19-20,29-30H,2,6-7,10-11,18,21-23H2,1H3,(H,34,37)/t30-/m0/s1. The van der Waals surface area contributed by atoms with Crippen LogP contribution in [-0.4, -0.2) is 28.8 Å². The van der Waals surface area contributed by atoms with Gasteiger partial charge in [0, 0.05) is 30.5 Å². The van der Waals surface area contributed by atoms with Crippen LogP contribution in [-0.2, 0) is 35.4 Å². The molecule has 4 nitrogen and oxygen atoms in total. The summed E-state index contributed by atoms with van der Waals surface area (Å²) in [7, 11) is 0. The van der Waals surface area contributed by atoms with Crippen molar-refractivity contribution in [2.24, 2.45) is 0 Å². The highest BCUT2D eigenvalue weighted by atomic mass is 35.5. The van der Waals surface area contributed by atoms with Gasteiger partial charge in [0.1, 0.15) is 6.04 Å². The van der Waals surface area contributed by atoms with Crippen LogP contribution in [0.1, 0.15) is 61.3 Å². The zero-order valence-electron chi connectivity index (χ0n) is 21.7. The summed E-state index contributed by atoms with van der Waals surface area (Å²) in [6.45, 7) is 2.50. The Hall–Kier alpha value is -3.11. The second-order valence-corrected chi connectivity index (χ2v) is 10.5. The number of nitrogens with one attached hydrogen (secondary N) is 1. The molecule has 5 heteroatoms. The van der Waals surface area contributed by atoms with Gasteiger partial charge < -0.3 is 10.2 Å². The van der Waals surface area contributed by atoms with Gasteiger partial charge in [-0.2, -0.15) is 0 Å². The molecule has 1 saturated carbocycles. The number of hydrogen-bond acceptors (Lipinski definition) is 2. The van der Waals surface area contributed by atoms with Crippen LogP contribution in [0.4, 0.5) is 0 Å². The summed E-state index contributed by atoms with van der Waals surface area (Å²) in [4.78, 5) is 29.3. The molecule has 0 heterocycles. The van der Waals surface area contributed by atoms with Crippen LogP contribution in [0.15, 0.2) is 78.9 Å². The fraction of sp³-hybridized carbons (Fsp3) is 0.375. The van der Waals surface area contributed by atoms with Crippen molar-refractivity contribution in [1.82, 2.24) is 10.2 Å². The Bertz CT molecular complexity index is 1140. The lowest BCUT2D eigenvalue weighted by molar-refractivity contribution is -0.141. The number of benzene rings is 3. The summed E-state index contributed by atoms with van der Waals surface area (Å²) in [6, 6.07) is 25.6. The van der Waals surface area contributed by atoms with E-state index in [4.69, 9.17) is 11.6 Å². The molecule has 2 amide bonds. The molecule has 0 spiro atoms. The average Bonchev–Trinajstić information content (AvgIpc) is 3.44. The van der Waals surface area contributed by atoms with Gasteiger partial charge in [-0.05, 0) is 60.1 Å². The fourth-order valence-corrected chi connectivity index (χ4v) is 5.17. The van der Waals surface area contributed by atoms with Crippen molar-refractivity contribution in [3.05, 3.63) is 106 Å². The largest absolute Gasteiger partial charge is 0.352 e. The Morgan fingerprint density at radius 1 is 0.865 bits per heavy atom. The molecule has 0 unspecified atom stereocenters. The van der Waals surface area contributed by atoms with Gasteiger partial charge in [0.25, 0.3) is 0 Å². The molecule has 0 bridgehead atoms. The van der Waals surface area contributed by atoms with E-state index in [2.05, 4.69) is 36.5 Å². The molecule has 194 valence electrons. The van der Waals surface area contributed by atoms with E-state index in [9.17, 15) is 9.59 Å². The van der Waals surface area contributed by atoms with E-state index in [1.807, 2.05) is 54.6 Å². The molecule has 1 N–H and O–H groups in total. The minimum atomic E-state index is -0.589. The number of carbonyl (C=O) groups excluding carboxylic acids is 2. The topological polar surface area (TPSA) is 49.4 Å². The molecule has 0 saturated heterocycles. The molecule has 1 fully saturated rings. The highest BCUT2D eigenvalue weighted by Gasteiger charge is 2.32. The highest BCUT2D eigenvalue weighted by molar-refractivity contribution is 6.30. The Morgan fingerprint density at radius 3 is 2.14 bits per heavy atom. The van der Waals surface area contributed by atoms with Crippen molar-refractivity contribution < 1.29 is 9.59 Å². The molecule has 37 heavy (non-hydrogen) atoms. The van der Waals surface area contributed by atoms with Gasteiger partial charge in [0.05, 0.1) is 0 Å². The first kappa shape index (κ1) is 26.9. The van der Waals surface area contributed by atoms with Crippen molar-refractivity contribution in [1.29, 1.82) is 0 Å². The van der Waals surface area contributed by atoms with Crippen LogP contribution in [0, 0.1) is 0 Å². The molecule has 0 aliphatic heterocycles. The van der Waals surface area contributed by atoms with Crippen LogP contribution < -0.4 is 5.32 Å². The van der Waals surface area contributed by atoms with Gasteiger partial charge in [-0.15, -0.1) is 0 Å². The maximum Gasteiger partial charge on any atom is 0.243 e. The second kappa shape index (κ2) is 13.4. The van der Waals surface area contributed by atoms with Crippen LogP contribution in [0.25, 0.3) is 0 Å². The minimum Gasteiger partial charge on any atom is -0.352 e. The molecule has 3 aromatic rings. The number of halogens is 1. The second-order valence-electron chi connectivity index (χ2n) is 10.0. The van der Waals surface area contributed by atoms with Crippen molar-refractivity contribution in [2.45, 2.75) is 76.9 Å². The minimum absolute atomic E-state index is 0.0166. The third-order valence-corrected chi connectivity index (χ3v) is 7.55. The van der Waals surface area contributed by atoms with E-state index in [-0.39, 0.29) is 17.9 Å². The lowest BCUT2D eigenvalue weighted by atomic mass is 10.0. The van der Waals surface area contributed by atoms with Crippen molar-refractivity contribution in [3.8, 4) is 0 Å². The third kappa shape index (κ3) is 7.93. The maximum atomic E-state index is 13.8. The summed E-state index contributed by atoms with van der Waals surface area (Å²) < 4.78 is 0. The Morgan fingerprint density at radius 2 is 1.49 bits per heavy atom. The lowest BCUT2D eigenvalue weighted by Gasteiger charge is -2.32. The smallest absolute Gasteiger partial charge is 0.243 e. The zero-order chi connectivity index (χ0) is 26.0. The van der Waals surface area contributed by atoms with Gasteiger partial charge in [0.2, 0.25) is 11.8 Å². The molecule has 3 aromatic carbocycles. The number of amides is 2. The number of aryl methyl sites for hydroxylation is 2. The fourth-order valence-electron chi connectivity index (χ4n) is 5.04.